The van der Waals surface area contributed by atoms with Gasteiger partial charge in [-0.2, -0.15) is 5.10 Å². The molecule has 0 saturated heterocycles. The van der Waals surface area contributed by atoms with Crippen LogP contribution < -0.4 is 5.43 Å². The van der Waals surface area contributed by atoms with Gasteiger partial charge in [-0.15, -0.1) is 11.8 Å². The van der Waals surface area contributed by atoms with E-state index in [2.05, 4.69) is 10.5 Å². The van der Waals surface area contributed by atoms with Gasteiger partial charge in [0.1, 0.15) is 0 Å². The van der Waals surface area contributed by atoms with E-state index in [1.165, 1.54) is 17.3 Å². The van der Waals surface area contributed by atoms with Crippen LogP contribution in [0.2, 0.25) is 0 Å². The molecule has 0 heterocycles. The number of nitrogens with one attached hydrogen (secondary N) is 1. The van der Waals surface area contributed by atoms with Crippen molar-refractivity contribution < 1.29 is 4.79 Å². The number of thioether (sulfide) groups is 1. The van der Waals surface area contributed by atoms with Gasteiger partial charge < -0.3 is 0 Å². The molecule has 0 aromatic heterocycles. The zero-order valence-electron chi connectivity index (χ0n) is 12.1. The summed E-state index contributed by atoms with van der Waals surface area (Å²) in [5.41, 5.74) is 4.72. The van der Waals surface area contributed by atoms with Gasteiger partial charge in [0.2, 0.25) is 0 Å². The molecule has 2 aromatic rings. The molecule has 0 aliphatic heterocycles. The molecule has 1 amide bonds. The second-order valence-electron chi connectivity index (χ2n) is 4.72. The van der Waals surface area contributed by atoms with E-state index in [0.717, 1.165) is 10.5 Å². The van der Waals surface area contributed by atoms with Crippen LogP contribution in [0.15, 0.2) is 64.6 Å². The van der Waals surface area contributed by atoms with Gasteiger partial charge in [0.25, 0.3) is 5.91 Å². The molecule has 0 spiro atoms. The minimum Gasteiger partial charge on any atom is -0.272 e. The zero-order chi connectivity index (χ0) is 15.1. The first-order chi connectivity index (χ1) is 10.1. The highest BCUT2D eigenvalue weighted by molar-refractivity contribution is 8.00. The standard InChI is InChI=1S/C17H18N2OS/c1-13-7-6-8-15(11-13)12-18-19-17(20)14(2)21-16-9-4-3-5-10-16/h3-12,14H,1-2H3,(H,19,20)/b18-12-/t14-/m1/s1. The van der Waals surface area contributed by atoms with Gasteiger partial charge >= 0.3 is 0 Å². The minimum absolute atomic E-state index is 0.104. The van der Waals surface area contributed by atoms with Gasteiger partial charge in [-0.05, 0) is 31.5 Å². The van der Waals surface area contributed by atoms with Crippen molar-refractivity contribution in [1.82, 2.24) is 5.43 Å². The molecule has 0 bridgehead atoms. The predicted octanol–water partition coefficient (Wildman–Crippen LogP) is 3.63. The Kier molecular flexibility index (Phi) is 5.58. The fourth-order valence-corrected chi connectivity index (χ4v) is 2.65. The lowest BCUT2D eigenvalue weighted by atomic mass is 10.2. The molecule has 1 N–H and O–H groups in total. The molecular formula is C17H18N2OS. The van der Waals surface area contributed by atoms with Crippen molar-refractivity contribution in [3.05, 3.63) is 65.7 Å². The SMILES string of the molecule is Cc1cccc(/C=N\NC(=O)[C@@H](C)Sc2ccccc2)c1. The van der Waals surface area contributed by atoms with E-state index < -0.39 is 0 Å². The third-order valence-electron chi connectivity index (χ3n) is 2.86. The van der Waals surface area contributed by atoms with Crippen molar-refractivity contribution in [2.45, 2.75) is 24.0 Å². The van der Waals surface area contributed by atoms with Crippen molar-refractivity contribution in [3.63, 3.8) is 0 Å². The Morgan fingerprint density at radius 1 is 1.19 bits per heavy atom. The molecule has 0 saturated carbocycles. The lowest BCUT2D eigenvalue weighted by molar-refractivity contribution is -0.120. The first kappa shape index (κ1) is 15.3. The van der Waals surface area contributed by atoms with Crippen molar-refractivity contribution in [3.8, 4) is 0 Å². The predicted molar refractivity (Wildman–Crippen MR) is 88.7 cm³/mol. The third kappa shape index (κ3) is 5.08. The average Bonchev–Trinajstić information content (AvgIpc) is 2.48. The number of nitrogens with zero attached hydrogens (tertiary/aromatic N) is 1. The van der Waals surface area contributed by atoms with E-state index in [4.69, 9.17) is 0 Å². The Morgan fingerprint density at radius 3 is 2.67 bits per heavy atom. The Labute approximate surface area is 129 Å². The molecule has 4 heteroatoms. The maximum Gasteiger partial charge on any atom is 0.253 e. The molecule has 2 aromatic carbocycles. The summed E-state index contributed by atoms with van der Waals surface area (Å²) >= 11 is 1.51. The Hall–Kier alpha value is -2.07. The molecule has 108 valence electrons. The minimum atomic E-state index is -0.193. The summed E-state index contributed by atoms with van der Waals surface area (Å²) in [6.45, 7) is 3.89. The summed E-state index contributed by atoms with van der Waals surface area (Å²) in [7, 11) is 0. The number of aryl methyl sites for hydroxylation is 1. The molecule has 0 fully saturated rings. The summed E-state index contributed by atoms with van der Waals surface area (Å²) < 4.78 is 0. The maximum atomic E-state index is 12.0. The van der Waals surface area contributed by atoms with Crippen molar-refractivity contribution >= 4 is 23.9 Å². The first-order valence-corrected chi connectivity index (χ1v) is 7.64. The molecule has 21 heavy (non-hydrogen) atoms. The van der Waals surface area contributed by atoms with Crippen LogP contribution in [0.1, 0.15) is 18.1 Å². The molecule has 3 nitrogen and oxygen atoms in total. The van der Waals surface area contributed by atoms with E-state index in [0.29, 0.717) is 0 Å². The molecule has 0 aliphatic rings. The highest BCUT2D eigenvalue weighted by atomic mass is 32.2. The molecule has 0 unspecified atom stereocenters. The van der Waals surface area contributed by atoms with Crippen LogP contribution in [-0.4, -0.2) is 17.4 Å². The molecule has 0 aliphatic carbocycles. The Morgan fingerprint density at radius 2 is 1.95 bits per heavy atom. The number of hydrogen-bond donors (Lipinski definition) is 1. The number of carbonyl (C=O) groups excluding carboxylic acids is 1. The van der Waals surface area contributed by atoms with Gasteiger partial charge in [-0.1, -0.05) is 48.0 Å². The summed E-state index contributed by atoms with van der Waals surface area (Å²) in [5, 5.41) is 3.81. The Bertz CT molecular complexity index is 626. The van der Waals surface area contributed by atoms with E-state index in [9.17, 15) is 4.79 Å². The van der Waals surface area contributed by atoms with Crippen LogP contribution in [0.4, 0.5) is 0 Å². The van der Waals surface area contributed by atoms with Gasteiger partial charge in [-0.3, -0.25) is 4.79 Å². The summed E-state index contributed by atoms with van der Waals surface area (Å²) in [6, 6.07) is 17.8. The van der Waals surface area contributed by atoms with E-state index in [1.807, 2.05) is 68.4 Å². The smallest absolute Gasteiger partial charge is 0.253 e. The summed E-state index contributed by atoms with van der Waals surface area (Å²) in [5.74, 6) is -0.104. The van der Waals surface area contributed by atoms with Gasteiger partial charge in [0.05, 0.1) is 11.5 Å². The molecular weight excluding hydrogens is 280 g/mol. The summed E-state index contributed by atoms with van der Waals surface area (Å²) in [4.78, 5) is 13.0. The lowest BCUT2D eigenvalue weighted by Gasteiger charge is -2.08. The topological polar surface area (TPSA) is 41.5 Å². The van der Waals surface area contributed by atoms with Gasteiger partial charge in [-0.25, -0.2) is 5.43 Å². The van der Waals surface area contributed by atoms with Crippen LogP contribution in [0.25, 0.3) is 0 Å². The second-order valence-corrected chi connectivity index (χ2v) is 6.14. The fourth-order valence-electron chi connectivity index (χ4n) is 1.77. The average molecular weight is 298 g/mol. The maximum absolute atomic E-state index is 12.0. The van der Waals surface area contributed by atoms with Crippen molar-refractivity contribution in [2.75, 3.05) is 0 Å². The number of rotatable bonds is 5. The number of hydrogen-bond acceptors (Lipinski definition) is 3. The highest BCUT2D eigenvalue weighted by Crippen LogP contribution is 2.22. The fraction of sp³-hybridized carbons (Fsp3) is 0.176. The second kappa shape index (κ2) is 7.64. The van der Waals surface area contributed by atoms with Crippen molar-refractivity contribution in [1.29, 1.82) is 0 Å². The Balaban J connectivity index is 1.86. The highest BCUT2D eigenvalue weighted by Gasteiger charge is 2.13. The third-order valence-corrected chi connectivity index (χ3v) is 3.97. The van der Waals surface area contributed by atoms with E-state index in [-0.39, 0.29) is 11.2 Å². The quantitative estimate of drug-likeness (QED) is 0.520. The zero-order valence-corrected chi connectivity index (χ0v) is 12.9. The molecule has 0 radical (unpaired) electrons. The van der Waals surface area contributed by atoms with Crippen LogP contribution in [0, 0.1) is 6.92 Å². The van der Waals surface area contributed by atoms with Gasteiger partial charge in [0.15, 0.2) is 0 Å². The van der Waals surface area contributed by atoms with Crippen LogP contribution in [0.3, 0.4) is 0 Å². The van der Waals surface area contributed by atoms with E-state index in [1.54, 1.807) is 6.21 Å². The largest absolute Gasteiger partial charge is 0.272 e. The lowest BCUT2D eigenvalue weighted by Crippen LogP contribution is -2.26. The van der Waals surface area contributed by atoms with Crippen LogP contribution >= 0.6 is 11.8 Å². The van der Waals surface area contributed by atoms with Crippen LogP contribution in [0.5, 0.6) is 0 Å². The number of amides is 1. The van der Waals surface area contributed by atoms with Gasteiger partial charge in [0, 0.05) is 4.90 Å². The number of benzene rings is 2. The van der Waals surface area contributed by atoms with Crippen molar-refractivity contribution in [2.24, 2.45) is 5.10 Å². The first-order valence-electron chi connectivity index (χ1n) is 6.76. The molecule has 1 atom stereocenters. The van der Waals surface area contributed by atoms with Crippen LogP contribution in [-0.2, 0) is 4.79 Å². The monoisotopic (exact) mass is 298 g/mol. The van der Waals surface area contributed by atoms with E-state index >= 15 is 0 Å². The molecule has 2 rings (SSSR count). The number of hydrazone groups is 1. The summed E-state index contributed by atoms with van der Waals surface area (Å²) in [6.07, 6.45) is 1.66. The number of carbonyl (C=O) groups is 1. The normalized spacial score (nSPS) is 12.3.